The second-order valence-corrected chi connectivity index (χ2v) is 4.88. The number of nitrogens with zero attached hydrogens (tertiary/aromatic N) is 2. The van der Waals surface area contributed by atoms with Crippen molar-refractivity contribution >= 4 is 11.9 Å². The van der Waals surface area contributed by atoms with Crippen LogP contribution in [-0.4, -0.2) is 27.1 Å². The van der Waals surface area contributed by atoms with Gasteiger partial charge in [-0.2, -0.15) is 13.2 Å². The number of aromatic nitrogens is 2. The van der Waals surface area contributed by atoms with Gasteiger partial charge in [0.15, 0.2) is 0 Å². The summed E-state index contributed by atoms with van der Waals surface area (Å²) in [5, 5.41) is 11.5. The molecule has 0 amide bonds. The molecule has 0 aromatic carbocycles. The Hall–Kier alpha value is -1.86. The highest BCUT2D eigenvalue weighted by molar-refractivity contribution is 5.76. The molecule has 0 aliphatic heterocycles. The lowest BCUT2D eigenvalue weighted by Gasteiger charge is -2.17. The van der Waals surface area contributed by atoms with E-state index in [0.717, 1.165) is 6.07 Å². The summed E-state index contributed by atoms with van der Waals surface area (Å²) in [6.07, 6.45) is -4.34. The number of anilines is 1. The average molecular weight is 291 g/mol. The van der Waals surface area contributed by atoms with E-state index >= 15 is 0 Å². The first-order chi connectivity index (χ1) is 9.09. The predicted molar refractivity (Wildman–Crippen MR) is 66.3 cm³/mol. The minimum absolute atomic E-state index is 0.0653. The molecule has 0 bridgehead atoms. The molecule has 2 N–H and O–H groups in total. The van der Waals surface area contributed by atoms with Crippen LogP contribution < -0.4 is 5.32 Å². The van der Waals surface area contributed by atoms with E-state index in [2.05, 4.69) is 15.3 Å². The molecule has 0 aliphatic rings. The van der Waals surface area contributed by atoms with Gasteiger partial charge in [-0.05, 0) is 25.3 Å². The van der Waals surface area contributed by atoms with Gasteiger partial charge in [0, 0.05) is 5.69 Å². The quantitative estimate of drug-likeness (QED) is 0.872. The lowest BCUT2D eigenvalue weighted by molar-refractivity contribution is -0.141. The Bertz CT molecular complexity index is 489. The molecule has 0 spiro atoms. The first kappa shape index (κ1) is 16.2. The number of halogens is 3. The van der Waals surface area contributed by atoms with Gasteiger partial charge in [-0.1, -0.05) is 13.8 Å². The number of carbonyl (C=O) groups is 1. The molecule has 1 unspecified atom stereocenters. The molecule has 8 heteroatoms. The van der Waals surface area contributed by atoms with E-state index < -0.39 is 23.9 Å². The second kappa shape index (κ2) is 6.06. The van der Waals surface area contributed by atoms with Crippen molar-refractivity contribution in [2.45, 2.75) is 39.4 Å². The molecule has 0 radical (unpaired) electrons. The number of rotatable bonds is 5. The highest BCUT2D eigenvalue weighted by Crippen LogP contribution is 2.28. The number of carboxylic acids is 1. The number of alkyl halides is 3. The lowest BCUT2D eigenvalue weighted by atomic mass is 10.0. The highest BCUT2D eigenvalue weighted by Gasteiger charge is 2.33. The fourth-order valence-electron chi connectivity index (χ4n) is 1.63. The summed E-state index contributed by atoms with van der Waals surface area (Å²) < 4.78 is 37.9. The number of carboxylic acid groups (broad SMARTS) is 1. The molecule has 0 aliphatic carbocycles. The maximum atomic E-state index is 12.6. The summed E-state index contributed by atoms with van der Waals surface area (Å²) in [7, 11) is 0. The molecular formula is C12H16F3N3O2. The molecule has 20 heavy (non-hydrogen) atoms. The molecule has 0 fully saturated rings. The van der Waals surface area contributed by atoms with Crippen molar-refractivity contribution in [1.29, 1.82) is 0 Å². The molecule has 1 aromatic rings. The van der Waals surface area contributed by atoms with Crippen LogP contribution >= 0.6 is 0 Å². The Kier molecular flexibility index (Phi) is 4.91. The van der Waals surface area contributed by atoms with Crippen molar-refractivity contribution in [1.82, 2.24) is 9.97 Å². The molecule has 1 aromatic heterocycles. The van der Waals surface area contributed by atoms with Gasteiger partial charge in [0.25, 0.3) is 0 Å². The number of aryl methyl sites for hydroxylation is 1. The Balaban J connectivity index is 3.01. The van der Waals surface area contributed by atoms with Gasteiger partial charge in [0.05, 0.1) is 0 Å². The Morgan fingerprint density at radius 3 is 2.45 bits per heavy atom. The molecular weight excluding hydrogens is 275 g/mol. The smallest absolute Gasteiger partial charge is 0.433 e. The van der Waals surface area contributed by atoms with Gasteiger partial charge < -0.3 is 10.4 Å². The van der Waals surface area contributed by atoms with Crippen molar-refractivity contribution in [2.24, 2.45) is 5.92 Å². The number of nitrogens with one attached hydrogen (secondary N) is 1. The second-order valence-electron chi connectivity index (χ2n) is 4.88. The molecule has 0 saturated heterocycles. The third-order valence-electron chi connectivity index (χ3n) is 2.45. The van der Waals surface area contributed by atoms with Crippen LogP contribution in [0.5, 0.6) is 0 Å². The summed E-state index contributed by atoms with van der Waals surface area (Å²) >= 11 is 0. The van der Waals surface area contributed by atoms with E-state index in [-0.39, 0.29) is 24.0 Å². The zero-order chi connectivity index (χ0) is 15.5. The van der Waals surface area contributed by atoms with Crippen molar-refractivity contribution in [3.8, 4) is 0 Å². The monoisotopic (exact) mass is 291 g/mol. The first-order valence-electron chi connectivity index (χ1n) is 6.02. The largest absolute Gasteiger partial charge is 0.480 e. The maximum absolute atomic E-state index is 12.6. The third kappa shape index (κ3) is 4.67. The topological polar surface area (TPSA) is 75.1 Å². The van der Waals surface area contributed by atoms with Gasteiger partial charge in [0.2, 0.25) is 5.95 Å². The van der Waals surface area contributed by atoms with Crippen molar-refractivity contribution in [3.63, 3.8) is 0 Å². The van der Waals surface area contributed by atoms with Crippen molar-refractivity contribution < 1.29 is 23.1 Å². The number of hydrogen-bond acceptors (Lipinski definition) is 4. The van der Waals surface area contributed by atoms with Gasteiger partial charge in [-0.3, -0.25) is 0 Å². The first-order valence-corrected chi connectivity index (χ1v) is 6.02. The lowest BCUT2D eigenvalue weighted by Crippen LogP contribution is -2.32. The Morgan fingerprint density at radius 1 is 1.40 bits per heavy atom. The van der Waals surface area contributed by atoms with E-state index in [9.17, 15) is 18.0 Å². The zero-order valence-electron chi connectivity index (χ0n) is 11.3. The van der Waals surface area contributed by atoms with Crippen LogP contribution in [0.1, 0.15) is 31.7 Å². The summed E-state index contributed by atoms with van der Waals surface area (Å²) in [5.74, 6) is -1.42. The highest BCUT2D eigenvalue weighted by atomic mass is 19.4. The van der Waals surface area contributed by atoms with Crippen molar-refractivity contribution in [2.75, 3.05) is 5.32 Å². The van der Waals surface area contributed by atoms with E-state index in [1.54, 1.807) is 0 Å². The SMILES string of the molecule is Cc1cc(C(F)(F)F)nc(NC(CC(C)C)C(=O)O)n1. The van der Waals surface area contributed by atoms with Crippen LogP contribution in [0.2, 0.25) is 0 Å². The molecule has 1 rings (SSSR count). The molecule has 112 valence electrons. The molecule has 5 nitrogen and oxygen atoms in total. The Morgan fingerprint density at radius 2 is 2.00 bits per heavy atom. The van der Waals surface area contributed by atoms with Crippen molar-refractivity contribution in [3.05, 3.63) is 17.5 Å². The van der Waals surface area contributed by atoms with Crippen LogP contribution in [0, 0.1) is 12.8 Å². The van der Waals surface area contributed by atoms with E-state index in [0.29, 0.717) is 0 Å². The average Bonchev–Trinajstić information content (AvgIpc) is 2.25. The summed E-state index contributed by atoms with van der Waals surface area (Å²) in [4.78, 5) is 18.2. The normalized spacial score (nSPS) is 13.3. The summed E-state index contributed by atoms with van der Waals surface area (Å²) in [6.45, 7) is 5.02. The van der Waals surface area contributed by atoms with Crippen LogP contribution in [0.15, 0.2) is 6.07 Å². The molecule has 1 heterocycles. The molecule has 0 saturated carbocycles. The van der Waals surface area contributed by atoms with Gasteiger partial charge in [-0.15, -0.1) is 0 Å². The zero-order valence-corrected chi connectivity index (χ0v) is 11.3. The van der Waals surface area contributed by atoms with Gasteiger partial charge in [-0.25, -0.2) is 14.8 Å². The van der Waals surface area contributed by atoms with Crippen LogP contribution in [0.25, 0.3) is 0 Å². The van der Waals surface area contributed by atoms with E-state index in [1.165, 1.54) is 6.92 Å². The number of aliphatic carboxylic acids is 1. The van der Waals surface area contributed by atoms with Crippen LogP contribution in [0.3, 0.4) is 0 Å². The standard InChI is InChI=1S/C12H16F3N3O2/c1-6(2)4-8(10(19)20)17-11-16-7(3)5-9(18-11)12(13,14)15/h5-6,8H,4H2,1-3H3,(H,19,20)(H,16,17,18). The number of hydrogen-bond donors (Lipinski definition) is 2. The summed E-state index contributed by atoms with van der Waals surface area (Å²) in [6, 6.07) is -0.221. The minimum atomic E-state index is -4.60. The minimum Gasteiger partial charge on any atom is -0.480 e. The van der Waals surface area contributed by atoms with E-state index in [1.807, 2.05) is 13.8 Å². The predicted octanol–water partition coefficient (Wildman–Crippen LogP) is 2.72. The molecule has 1 atom stereocenters. The van der Waals surface area contributed by atoms with Crippen LogP contribution in [-0.2, 0) is 11.0 Å². The van der Waals surface area contributed by atoms with Crippen LogP contribution in [0.4, 0.5) is 19.1 Å². The maximum Gasteiger partial charge on any atom is 0.433 e. The summed E-state index contributed by atoms with van der Waals surface area (Å²) in [5.41, 5.74) is -0.982. The fraction of sp³-hybridized carbons (Fsp3) is 0.583. The fourth-order valence-corrected chi connectivity index (χ4v) is 1.63. The van der Waals surface area contributed by atoms with Gasteiger partial charge >= 0.3 is 12.1 Å². The Labute approximate surface area is 114 Å². The third-order valence-corrected chi connectivity index (χ3v) is 2.45. The van der Waals surface area contributed by atoms with Gasteiger partial charge in [0.1, 0.15) is 11.7 Å². The van der Waals surface area contributed by atoms with E-state index in [4.69, 9.17) is 5.11 Å².